The largest absolute Gasteiger partial charge is 0.323 e. The van der Waals surface area contributed by atoms with Crippen LogP contribution in [0, 0.1) is 17.5 Å². The van der Waals surface area contributed by atoms with E-state index >= 15 is 0 Å². The minimum absolute atomic E-state index is 0.117. The predicted molar refractivity (Wildman–Crippen MR) is 56.0 cm³/mol. The summed E-state index contributed by atoms with van der Waals surface area (Å²) < 4.78 is 40.7. The lowest BCUT2D eigenvalue weighted by Crippen LogP contribution is -2.12. The summed E-state index contributed by atoms with van der Waals surface area (Å²) in [6.45, 7) is 1.69. The Balaban J connectivity index is 2.60. The Kier molecular flexibility index (Phi) is 2.89. The first-order valence-corrected chi connectivity index (χ1v) is 4.93. The van der Waals surface area contributed by atoms with Crippen molar-refractivity contribution < 1.29 is 13.2 Å². The molecule has 0 aliphatic heterocycles. The van der Waals surface area contributed by atoms with E-state index in [-0.39, 0.29) is 5.69 Å². The molecule has 1 heterocycles. The number of nitrogens with zero attached hydrogens (tertiary/aromatic N) is 2. The molecule has 1 aromatic carbocycles. The van der Waals surface area contributed by atoms with E-state index in [0.717, 1.165) is 6.07 Å². The monoisotopic (exact) mass is 241 g/mol. The van der Waals surface area contributed by atoms with Gasteiger partial charge in [0.1, 0.15) is 5.82 Å². The van der Waals surface area contributed by atoms with Crippen molar-refractivity contribution in [2.24, 2.45) is 5.73 Å². The molecule has 17 heavy (non-hydrogen) atoms. The van der Waals surface area contributed by atoms with Crippen LogP contribution in [0.2, 0.25) is 0 Å². The molecule has 2 aromatic rings. The van der Waals surface area contributed by atoms with Crippen molar-refractivity contribution in [3.05, 3.63) is 47.8 Å². The topological polar surface area (TPSA) is 43.8 Å². The zero-order valence-corrected chi connectivity index (χ0v) is 8.99. The fourth-order valence-electron chi connectivity index (χ4n) is 1.54. The Labute approximate surface area is 95.7 Å². The smallest absolute Gasteiger partial charge is 0.161 e. The molecule has 1 aromatic heterocycles. The highest BCUT2D eigenvalue weighted by molar-refractivity contribution is 5.36. The standard InChI is InChI=1S/C11H10F3N3/c1-6(15)11-4-16-5-17(11)10-3-8(13)7(12)2-9(10)14/h2-6H,15H2,1H3. The fraction of sp³-hybridized carbons (Fsp3) is 0.182. The van der Waals surface area contributed by atoms with Crippen molar-refractivity contribution in [1.82, 2.24) is 9.55 Å². The maximum Gasteiger partial charge on any atom is 0.161 e. The number of nitrogens with two attached hydrogens (primary N) is 1. The number of aromatic nitrogens is 2. The Hall–Kier alpha value is -1.82. The minimum Gasteiger partial charge on any atom is -0.323 e. The molecule has 0 amide bonds. The fourth-order valence-corrected chi connectivity index (χ4v) is 1.54. The van der Waals surface area contributed by atoms with Gasteiger partial charge >= 0.3 is 0 Å². The molecule has 1 unspecified atom stereocenters. The van der Waals surface area contributed by atoms with E-state index in [2.05, 4.69) is 4.98 Å². The Morgan fingerprint density at radius 1 is 1.18 bits per heavy atom. The summed E-state index contributed by atoms with van der Waals surface area (Å²) in [4.78, 5) is 3.81. The summed E-state index contributed by atoms with van der Waals surface area (Å²) >= 11 is 0. The van der Waals surface area contributed by atoms with Gasteiger partial charge in [0.05, 0.1) is 23.9 Å². The number of imidazole rings is 1. The number of hydrogen-bond donors (Lipinski definition) is 1. The predicted octanol–water partition coefficient (Wildman–Crippen LogP) is 2.31. The zero-order valence-electron chi connectivity index (χ0n) is 8.99. The SMILES string of the molecule is CC(N)c1cncn1-c1cc(F)c(F)cc1F. The first-order chi connectivity index (χ1) is 8.00. The van der Waals surface area contributed by atoms with Crippen LogP contribution in [-0.2, 0) is 0 Å². The highest BCUT2D eigenvalue weighted by Gasteiger charge is 2.15. The van der Waals surface area contributed by atoms with E-state index < -0.39 is 23.5 Å². The maximum atomic E-state index is 13.5. The second kappa shape index (κ2) is 4.21. The summed E-state index contributed by atoms with van der Waals surface area (Å²) in [6.07, 6.45) is 2.75. The van der Waals surface area contributed by atoms with E-state index in [1.54, 1.807) is 6.92 Å². The summed E-state index contributed by atoms with van der Waals surface area (Å²) in [5, 5.41) is 0. The molecule has 0 saturated heterocycles. The number of benzene rings is 1. The van der Waals surface area contributed by atoms with E-state index in [9.17, 15) is 13.2 Å². The molecule has 0 aliphatic carbocycles. The summed E-state index contributed by atoms with van der Waals surface area (Å²) in [5.41, 5.74) is 6.06. The van der Waals surface area contributed by atoms with E-state index in [1.165, 1.54) is 17.1 Å². The van der Waals surface area contributed by atoms with Crippen molar-refractivity contribution in [2.75, 3.05) is 0 Å². The van der Waals surface area contributed by atoms with Gasteiger partial charge in [0.15, 0.2) is 11.6 Å². The Bertz CT molecular complexity index is 549. The lowest BCUT2D eigenvalue weighted by atomic mass is 10.2. The third-order valence-electron chi connectivity index (χ3n) is 2.38. The molecule has 2 N–H and O–H groups in total. The molecule has 2 rings (SSSR count). The van der Waals surface area contributed by atoms with E-state index in [1.807, 2.05) is 0 Å². The van der Waals surface area contributed by atoms with Gasteiger partial charge in [-0.15, -0.1) is 0 Å². The molecule has 0 aliphatic rings. The van der Waals surface area contributed by atoms with Crippen molar-refractivity contribution in [3.63, 3.8) is 0 Å². The molecule has 0 radical (unpaired) electrons. The average Bonchev–Trinajstić information content (AvgIpc) is 2.72. The molecular formula is C11H10F3N3. The number of halogens is 3. The van der Waals surface area contributed by atoms with Gasteiger partial charge in [-0.3, -0.25) is 4.57 Å². The van der Waals surface area contributed by atoms with Gasteiger partial charge in [0.25, 0.3) is 0 Å². The van der Waals surface area contributed by atoms with Crippen LogP contribution in [-0.4, -0.2) is 9.55 Å². The van der Waals surface area contributed by atoms with Crippen LogP contribution in [0.4, 0.5) is 13.2 Å². The van der Waals surface area contributed by atoms with Gasteiger partial charge in [-0.05, 0) is 6.92 Å². The lowest BCUT2D eigenvalue weighted by molar-refractivity contribution is 0.492. The molecule has 0 fully saturated rings. The quantitative estimate of drug-likeness (QED) is 0.820. The van der Waals surface area contributed by atoms with Gasteiger partial charge in [-0.1, -0.05) is 0 Å². The summed E-state index contributed by atoms with van der Waals surface area (Å²) in [7, 11) is 0. The number of hydrogen-bond acceptors (Lipinski definition) is 2. The highest BCUT2D eigenvalue weighted by atomic mass is 19.2. The molecule has 6 heteroatoms. The minimum atomic E-state index is -1.23. The van der Waals surface area contributed by atoms with Crippen molar-refractivity contribution in [2.45, 2.75) is 13.0 Å². The second-order valence-electron chi connectivity index (χ2n) is 3.69. The van der Waals surface area contributed by atoms with Crippen LogP contribution in [0.25, 0.3) is 5.69 Å². The zero-order chi connectivity index (χ0) is 12.6. The first kappa shape index (κ1) is 11.7. The van der Waals surface area contributed by atoms with Crippen molar-refractivity contribution in [1.29, 1.82) is 0 Å². The highest BCUT2D eigenvalue weighted by Crippen LogP contribution is 2.21. The average molecular weight is 241 g/mol. The summed E-state index contributed by atoms with van der Waals surface area (Å²) in [5.74, 6) is -3.22. The van der Waals surface area contributed by atoms with Crippen LogP contribution < -0.4 is 5.73 Å². The molecule has 0 saturated carbocycles. The first-order valence-electron chi connectivity index (χ1n) is 4.93. The van der Waals surface area contributed by atoms with Crippen LogP contribution in [0.1, 0.15) is 18.7 Å². The van der Waals surface area contributed by atoms with E-state index in [0.29, 0.717) is 11.8 Å². The van der Waals surface area contributed by atoms with Gasteiger partial charge in [-0.25, -0.2) is 18.2 Å². The molecular weight excluding hydrogens is 231 g/mol. The molecule has 3 nitrogen and oxygen atoms in total. The van der Waals surface area contributed by atoms with Crippen LogP contribution >= 0.6 is 0 Å². The maximum absolute atomic E-state index is 13.5. The molecule has 1 atom stereocenters. The van der Waals surface area contributed by atoms with Crippen molar-refractivity contribution >= 4 is 0 Å². The third-order valence-corrected chi connectivity index (χ3v) is 2.38. The van der Waals surface area contributed by atoms with Crippen LogP contribution in [0.5, 0.6) is 0 Å². The molecule has 0 spiro atoms. The normalized spacial score (nSPS) is 12.8. The molecule has 0 bridgehead atoms. The van der Waals surface area contributed by atoms with Gasteiger partial charge in [0.2, 0.25) is 0 Å². The number of rotatable bonds is 2. The van der Waals surface area contributed by atoms with Gasteiger partial charge < -0.3 is 5.73 Å². The third kappa shape index (κ3) is 2.03. The summed E-state index contributed by atoms with van der Waals surface area (Å²) in [6, 6.07) is 0.874. The van der Waals surface area contributed by atoms with Gasteiger partial charge in [-0.2, -0.15) is 0 Å². The van der Waals surface area contributed by atoms with Crippen molar-refractivity contribution in [3.8, 4) is 5.69 Å². The second-order valence-corrected chi connectivity index (χ2v) is 3.69. The van der Waals surface area contributed by atoms with E-state index in [4.69, 9.17) is 5.73 Å². The Morgan fingerprint density at radius 2 is 1.82 bits per heavy atom. The lowest BCUT2D eigenvalue weighted by Gasteiger charge is -2.11. The van der Waals surface area contributed by atoms with Crippen LogP contribution in [0.15, 0.2) is 24.7 Å². The Morgan fingerprint density at radius 3 is 2.47 bits per heavy atom. The molecule has 90 valence electrons. The van der Waals surface area contributed by atoms with Crippen LogP contribution in [0.3, 0.4) is 0 Å². The van der Waals surface area contributed by atoms with Gasteiger partial charge in [0, 0.05) is 18.2 Å².